The normalized spacial score (nSPS) is 15.0. The Morgan fingerprint density at radius 2 is 1.76 bits per heavy atom. The molecule has 0 bridgehead atoms. The molecule has 0 aromatic carbocycles. The van der Waals surface area contributed by atoms with E-state index >= 15 is 0 Å². The summed E-state index contributed by atoms with van der Waals surface area (Å²) >= 11 is 0. The maximum atomic E-state index is 12.2. The van der Waals surface area contributed by atoms with Gasteiger partial charge < -0.3 is 15.5 Å². The molecule has 0 aromatic heterocycles. The maximum Gasteiger partial charge on any atom is 0.333 e. The van der Waals surface area contributed by atoms with Gasteiger partial charge in [0.1, 0.15) is 0 Å². The van der Waals surface area contributed by atoms with Crippen LogP contribution < -0.4 is 5.32 Å². The number of aliphatic hydroxyl groups is 1. The third-order valence-corrected chi connectivity index (χ3v) is 5.30. The molecule has 8 nitrogen and oxygen atoms in total. The fraction of sp³-hybridized carbons (Fsp3) is 0.875. The van der Waals surface area contributed by atoms with Gasteiger partial charge in [-0.1, -0.05) is 27.7 Å². The Hall–Kier alpha value is -1.19. The number of rotatable bonds is 12. The summed E-state index contributed by atoms with van der Waals surface area (Å²) in [6.07, 6.45) is -1.60. The third kappa shape index (κ3) is 9.18. The van der Waals surface area contributed by atoms with Crippen molar-refractivity contribution in [1.82, 2.24) is 5.32 Å². The van der Waals surface area contributed by atoms with E-state index in [1.54, 1.807) is 0 Å². The van der Waals surface area contributed by atoms with Gasteiger partial charge in [0.15, 0.2) is 6.10 Å². The molecule has 0 fully saturated rings. The quantitative estimate of drug-likeness (QED) is 0.341. The van der Waals surface area contributed by atoms with Crippen LogP contribution in [0.4, 0.5) is 0 Å². The molecule has 0 radical (unpaired) electrons. The molecule has 148 valence electrons. The number of aliphatic carboxylic acids is 1. The average Bonchev–Trinajstić information content (AvgIpc) is 2.46. The number of amides is 1. The van der Waals surface area contributed by atoms with E-state index < -0.39 is 33.7 Å². The van der Waals surface area contributed by atoms with Crippen LogP contribution in [0.3, 0.4) is 0 Å². The number of carbonyl (C=O) groups excluding carboxylic acids is 1. The zero-order valence-corrected chi connectivity index (χ0v) is 16.4. The highest BCUT2D eigenvalue weighted by Gasteiger charge is 2.43. The van der Waals surface area contributed by atoms with Crippen LogP contribution in [0.1, 0.15) is 53.9 Å². The number of carbonyl (C=O) groups is 2. The van der Waals surface area contributed by atoms with E-state index in [0.717, 1.165) is 0 Å². The van der Waals surface area contributed by atoms with Gasteiger partial charge in [-0.15, -0.1) is 0 Å². The zero-order valence-electron chi connectivity index (χ0n) is 15.6. The van der Waals surface area contributed by atoms with Gasteiger partial charge in [-0.25, -0.2) is 4.79 Å². The van der Waals surface area contributed by atoms with Crippen LogP contribution in [0, 0.1) is 11.3 Å². The van der Waals surface area contributed by atoms with Gasteiger partial charge in [0, 0.05) is 18.9 Å². The number of aliphatic hydroxyl groups excluding tert-OH is 1. The predicted molar refractivity (Wildman–Crippen MR) is 93.5 cm³/mol. The molecule has 0 heterocycles. The fourth-order valence-corrected chi connectivity index (χ4v) is 3.55. The molecular weight excluding hydrogens is 350 g/mol. The van der Waals surface area contributed by atoms with Gasteiger partial charge in [0.25, 0.3) is 10.1 Å². The lowest BCUT2D eigenvalue weighted by Gasteiger charge is -2.36. The number of hydrogen-bond acceptors (Lipinski definition) is 6. The Balaban J connectivity index is 5.09. The first kappa shape index (κ1) is 23.8. The highest BCUT2D eigenvalue weighted by molar-refractivity contribution is 7.86. The molecule has 0 saturated heterocycles. The minimum atomic E-state index is -3.92. The van der Waals surface area contributed by atoms with Gasteiger partial charge in [0.2, 0.25) is 5.91 Å². The van der Waals surface area contributed by atoms with Crippen molar-refractivity contribution >= 4 is 22.0 Å². The molecule has 0 saturated carbocycles. The van der Waals surface area contributed by atoms with Gasteiger partial charge >= 0.3 is 5.97 Å². The third-order valence-electron chi connectivity index (χ3n) is 3.98. The van der Waals surface area contributed by atoms with E-state index in [1.165, 1.54) is 20.8 Å². The first-order chi connectivity index (χ1) is 11.3. The highest BCUT2D eigenvalue weighted by Crippen LogP contribution is 2.33. The van der Waals surface area contributed by atoms with E-state index in [-0.39, 0.29) is 30.5 Å². The Morgan fingerprint density at radius 3 is 2.20 bits per heavy atom. The summed E-state index contributed by atoms with van der Waals surface area (Å²) in [5.41, 5.74) is -1.29. The van der Waals surface area contributed by atoms with Gasteiger partial charge in [-0.05, 0) is 25.2 Å². The first-order valence-electron chi connectivity index (χ1n) is 8.36. The van der Waals surface area contributed by atoms with Crippen molar-refractivity contribution in [3.8, 4) is 0 Å². The summed E-state index contributed by atoms with van der Waals surface area (Å²) in [5.74, 6) is -1.71. The summed E-state index contributed by atoms with van der Waals surface area (Å²) in [4.78, 5) is 21.9. The van der Waals surface area contributed by atoms with Crippen molar-refractivity contribution in [3.63, 3.8) is 0 Å². The highest BCUT2D eigenvalue weighted by atomic mass is 32.2. The molecular formula is C16H31NO7S. The first-order valence-corrected chi connectivity index (χ1v) is 9.93. The van der Waals surface area contributed by atoms with Crippen LogP contribution in [0.2, 0.25) is 0 Å². The molecule has 0 aliphatic carbocycles. The molecule has 0 aliphatic heterocycles. The Morgan fingerprint density at radius 1 is 1.20 bits per heavy atom. The van der Waals surface area contributed by atoms with Crippen molar-refractivity contribution in [2.24, 2.45) is 11.3 Å². The van der Waals surface area contributed by atoms with Gasteiger partial charge in [0.05, 0.1) is 11.9 Å². The number of carboxylic acids is 1. The maximum absolute atomic E-state index is 12.2. The van der Waals surface area contributed by atoms with Crippen LogP contribution in [-0.2, 0) is 23.9 Å². The lowest BCUT2D eigenvalue weighted by Crippen LogP contribution is -2.47. The molecule has 9 heteroatoms. The molecule has 1 unspecified atom stereocenters. The van der Waals surface area contributed by atoms with E-state index in [9.17, 15) is 23.1 Å². The fourth-order valence-electron chi connectivity index (χ4n) is 2.26. The van der Waals surface area contributed by atoms with Crippen molar-refractivity contribution < 1.29 is 32.4 Å². The number of carboxylic acid groups (broad SMARTS) is 1. The Labute approximate surface area is 150 Å². The number of hydrogen-bond donors (Lipinski definition) is 3. The van der Waals surface area contributed by atoms with E-state index in [1.807, 2.05) is 13.8 Å². The molecule has 2 atom stereocenters. The van der Waals surface area contributed by atoms with E-state index in [4.69, 9.17) is 9.29 Å². The largest absolute Gasteiger partial charge is 0.479 e. The monoisotopic (exact) mass is 381 g/mol. The summed E-state index contributed by atoms with van der Waals surface area (Å²) < 4.78 is 29.7. The van der Waals surface area contributed by atoms with Crippen LogP contribution >= 0.6 is 0 Å². The predicted octanol–water partition coefficient (Wildman–Crippen LogP) is 1.14. The second kappa shape index (κ2) is 10.1. The summed E-state index contributed by atoms with van der Waals surface area (Å²) in [6, 6.07) is 0. The Kier molecular flexibility index (Phi) is 9.60. The second-order valence-electron chi connectivity index (χ2n) is 7.22. The summed E-state index contributed by atoms with van der Waals surface area (Å²) in [7, 11) is -3.92. The molecule has 25 heavy (non-hydrogen) atoms. The standard InChI is InChI=1S/C16H31NO7S/c1-11(2)7-8-13(16(4,5)14(19)15(20)21)24-25(22,23)10-6-9-17-12(3)18/h11,13-14,19H,6-10H2,1-5H3,(H,17,18)(H,20,21)/t13?,14-/m0/s1. The Bertz CT molecular complexity index is 543. The molecule has 0 spiro atoms. The molecule has 1 amide bonds. The summed E-state index contributed by atoms with van der Waals surface area (Å²) in [5, 5.41) is 21.5. The lowest BCUT2D eigenvalue weighted by atomic mass is 9.78. The molecule has 0 rings (SSSR count). The summed E-state index contributed by atoms with van der Waals surface area (Å²) in [6.45, 7) is 8.41. The van der Waals surface area contributed by atoms with Crippen LogP contribution in [0.5, 0.6) is 0 Å². The average molecular weight is 381 g/mol. The van der Waals surface area contributed by atoms with Crippen LogP contribution in [0.25, 0.3) is 0 Å². The second-order valence-corrected chi connectivity index (χ2v) is 8.93. The smallest absolute Gasteiger partial charge is 0.333 e. The molecule has 3 N–H and O–H groups in total. The van der Waals surface area contributed by atoms with Crippen LogP contribution in [-0.4, -0.2) is 55.0 Å². The van der Waals surface area contributed by atoms with E-state index in [2.05, 4.69) is 5.32 Å². The van der Waals surface area contributed by atoms with E-state index in [0.29, 0.717) is 12.8 Å². The molecule has 0 aliphatic rings. The zero-order chi connectivity index (χ0) is 19.8. The van der Waals surface area contributed by atoms with Crippen molar-refractivity contribution in [3.05, 3.63) is 0 Å². The lowest BCUT2D eigenvalue weighted by molar-refractivity contribution is -0.158. The van der Waals surface area contributed by atoms with Crippen molar-refractivity contribution in [2.45, 2.75) is 66.1 Å². The minimum absolute atomic E-state index is 0.181. The van der Waals surface area contributed by atoms with Crippen molar-refractivity contribution in [2.75, 3.05) is 12.3 Å². The van der Waals surface area contributed by atoms with Gasteiger partial charge in [-0.2, -0.15) is 8.42 Å². The minimum Gasteiger partial charge on any atom is -0.479 e. The molecule has 0 aromatic rings. The topological polar surface area (TPSA) is 130 Å². The van der Waals surface area contributed by atoms with Crippen molar-refractivity contribution in [1.29, 1.82) is 0 Å². The number of nitrogens with one attached hydrogen (secondary N) is 1. The SMILES string of the molecule is CC(=O)NCCCS(=O)(=O)OC(CCC(C)C)C(C)(C)[C@@H](O)C(=O)O. The van der Waals surface area contributed by atoms with Gasteiger partial charge in [-0.3, -0.25) is 8.98 Å². The van der Waals surface area contributed by atoms with Crippen LogP contribution in [0.15, 0.2) is 0 Å².